The largest absolute Gasteiger partial charge is 0.416 e. The van der Waals surface area contributed by atoms with E-state index in [0.29, 0.717) is 17.7 Å². The second kappa shape index (κ2) is 7.70. The van der Waals surface area contributed by atoms with Gasteiger partial charge in [-0.05, 0) is 41.9 Å². The molecular weight excluding hydrogens is 337 g/mol. The Morgan fingerprint density at radius 3 is 2.27 bits per heavy atom. The lowest BCUT2D eigenvalue weighted by Gasteiger charge is -2.17. The van der Waals surface area contributed by atoms with E-state index < -0.39 is 11.7 Å². The third kappa shape index (κ3) is 4.70. The summed E-state index contributed by atoms with van der Waals surface area (Å²) in [5, 5.41) is 0. The monoisotopic (exact) mass is 356 g/mol. The smallest absolute Gasteiger partial charge is 0.298 e. The molecule has 2 aromatic carbocycles. The van der Waals surface area contributed by atoms with Crippen molar-refractivity contribution in [3.05, 3.63) is 89.7 Å². The first-order chi connectivity index (χ1) is 12.4. The zero-order valence-electron chi connectivity index (χ0n) is 14.4. The number of hydrogen-bond donors (Lipinski definition) is 0. The van der Waals surface area contributed by atoms with Crippen LogP contribution in [0.4, 0.5) is 13.2 Å². The third-order valence-electron chi connectivity index (χ3n) is 4.07. The van der Waals surface area contributed by atoms with Crippen molar-refractivity contribution in [1.29, 1.82) is 0 Å². The summed E-state index contributed by atoms with van der Waals surface area (Å²) in [6.07, 6.45) is -1.01. The molecule has 0 bridgehead atoms. The van der Waals surface area contributed by atoms with Crippen LogP contribution in [-0.4, -0.2) is 16.9 Å². The van der Waals surface area contributed by atoms with E-state index in [1.54, 1.807) is 18.5 Å². The number of pyridine rings is 1. The summed E-state index contributed by atoms with van der Waals surface area (Å²) in [7, 11) is 2.00. The van der Waals surface area contributed by atoms with Crippen molar-refractivity contribution in [2.24, 2.45) is 0 Å². The minimum atomic E-state index is -4.35. The highest BCUT2D eigenvalue weighted by atomic mass is 19.4. The van der Waals surface area contributed by atoms with Gasteiger partial charge < -0.3 is 0 Å². The maximum Gasteiger partial charge on any atom is 0.416 e. The summed E-state index contributed by atoms with van der Waals surface area (Å²) < 4.78 is 38.8. The minimum Gasteiger partial charge on any atom is -0.298 e. The summed E-state index contributed by atoms with van der Waals surface area (Å²) >= 11 is 0. The van der Waals surface area contributed by atoms with E-state index in [2.05, 4.69) is 22.0 Å². The minimum absolute atomic E-state index is 0.514. The van der Waals surface area contributed by atoms with Crippen molar-refractivity contribution >= 4 is 0 Å². The van der Waals surface area contributed by atoms with E-state index in [9.17, 15) is 13.2 Å². The van der Waals surface area contributed by atoms with Crippen LogP contribution in [0.25, 0.3) is 11.1 Å². The van der Waals surface area contributed by atoms with Gasteiger partial charge in [-0.1, -0.05) is 42.5 Å². The van der Waals surface area contributed by atoms with Gasteiger partial charge in [-0.2, -0.15) is 13.2 Å². The van der Waals surface area contributed by atoms with E-state index in [1.165, 1.54) is 11.6 Å². The second-order valence-electron chi connectivity index (χ2n) is 6.32. The molecule has 0 aliphatic heterocycles. The van der Waals surface area contributed by atoms with Gasteiger partial charge in [-0.15, -0.1) is 0 Å². The predicted octanol–water partition coefficient (Wildman–Crippen LogP) is 5.40. The Labute approximate surface area is 150 Å². The van der Waals surface area contributed by atoms with E-state index in [-0.39, 0.29) is 0 Å². The van der Waals surface area contributed by atoms with Gasteiger partial charge in [-0.3, -0.25) is 9.88 Å². The summed E-state index contributed by atoms with van der Waals surface area (Å²) in [4.78, 5) is 6.35. The van der Waals surface area contributed by atoms with Gasteiger partial charge in [0.05, 0.1) is 5.56 Å². The number of nitrogens with zero attached hydrogens (tertiary/aromatic N) is 2. The molecule has 2 nitrogen and oxygen atoms in total. The Bertz CT molecular complexity index is 860. The molecule has 0 fully saturated rings. The maximum absolute atomic E-state index is 12.9. The van der Waals surface area contributed by atoms with Gasteiger partial charge in [0.15, 0.2) is 0 Å². The fraction of sp³-hybridized carbons (Fsp3) is 0.190. The van der Waals surface area contributed by atoms with Crippen LogP contribution in [0.2, 0.25) is 0 Å². The first kappa shape index (κ1) is 18.1. The van der Waals surface area contributed by atoms with Crippen molar-refractivity contribution in [1.82, 2.24) is 9.88 Å². The number of benzene rings is 2. The Hall–Kier alpha value is -2.66. The quantitative estimate of drug-likeness (QED) is 0.608. The Morgan fingerprint density at radius 1 is 0.808 bits per heavy atom. The van der Waals surface area contributed by atoms with Crippen molar-refractivity contribution in [3.63, 3.8) is 0 Å². The average molecular weight is 356 g/mol. The van der Waals surface area contributed by atoms with Crippen LogP contribution in [0.1, 0.15) is 16.7 Å². The molecule has 0 N–H and O–H groups in total. The molecule has 0 atom stereocenters. The topological polar surface area (TPSA) is 16.1 Å². The molecule has 3 rings (SSSR count). The second-order valence-corrected chi connectivity index (χ2v) is 6.32. The maximum atomic E-state index is 12.9. The SMILES string of the molecule is CN(Cc1ccccc1)Cc1cncc(-c2cccc(C(F)(F)F)c2)c1. The molecule has 0 unspecified atom stereocenters. The van der Waals surface area contributed by atoms with Crippen LogP contribution in [0.3, 0.4) is 0 Å². The van der Waals surface area contributed by atoms with Crippen LogP contribution >= 0.6 is 0 Å². The molecule has 0 aliphatic rings. The van der Waals surface area contributed by atoms with Gasteiger partial charge in [-0.25, -0.2) is 0 Å². The van der Waals surface area contributed by atoms with E-state index in [4.69, 9.17) is 0 Å². The molecule has 5 heteroatoms. The Morgan fingerprint density at radius 2 is 1.54 bits per heavy atom. The summed E-state index contributed by atoms with van der Waals surface area (Å²) in [6, 6.07) is 17.3. The van der Waals surface area contributed by atoms with Gasteiger partial charge in [0.1, 0.15) is 0 Å². The lowest BCUT2D eigenvalue weighted by molar-refractivity contribution is -0.137. The summed E-state index contributed by atoms with van der Waals surface area (Å²) in [5.74, 6) is 0. The lowest BCUT2D eigenvalue weighted by Crippen LogP contribution is -2.17. The van der Waals surface area contributed by atoms with Crippen LogP contribution in [0, 0.1) is 0 Å². The van der Waals surface area contributed by atoms with Crippen molar-refractivity contribution in [2.45, 2.75) is 19.3 Å². The molecule has 0 saturated heterocycles. The van der Waals surface area contributed by atoms with E-state index in [0.717, 1.165) is 24.2 Å². The predicted molar refractivity (Wildman–Crippen MR) is 96.3 cm³/mol. The van der Waals surface area contributed by atoms with Crippen LogP contribution < -0.4 is 0 Å². The third-order valence-corrected chi connectivity index (χ3v) is 4.07. The Kier molecular flexibility index (Phi) is 5.38. The number of alkyl halides is 3. The highest BCUT2D eigenvalue weighted by Gasteiger charge is 2.30. The molecule has 1 heterocycles. The van der Waals surface area contributed by atoms with Crippen LogP contribution in [0.5, 0.6) is 0 Å². The van der Waals surface area contributed by atoms with Gasteiger partial charge >= 0.3 is 6.18 Å². The molecule has 3 aromatic rings. The molecule has 0 saturated carbocycles. The van der Waals surface area contributed by atoms with Crippen LogP contribution in [0.15, 0.2) is 73.1 Å². The molecule has 134 valence electrons. The molecule has 0 aliphatic carbocycles. The number of halogens is 3. The highest BCUT2D eigenvalue weighted by molar-refractivity contribution is 5.64. The molecule has 0 amide bonds. The van der Waals surface area contributed by atoms with Crippen molar-refractivity contribution in [2.75, 3.05) is 7.05 Å². The first-order valence-corrected chi connectivity index (χ1v) is 8.26. The zero-order chi connectivity index (χ0) is 18.6. The fourth-order valence-electron chi connectivity index (χ4n) is 2.87. The summed E-state index contributed by atoms with van der Waals surface area (Å²) in [5.41, 5.74) is 2.71. The molecule has 1 aromatic heterocycles. The van der Waals surface area contributed by atoms with Gasteiger partial charge in [0, 0.05) is 31.0 Å². The standard InChI is InChI=1S/C21H19F3N2/c1-26(14-16-6-3-2-4-7-16)15-17-10-19(13-25-12-17)18-8-5-9-20(11-18)21(22,23)24/h2-13H,14-15H2,1H3. The molecule has 26 heavy (non-hydrogen) atoms. The fourth-order valence-corrected chi connectivity index (χ4v) is 2.87. The van der Waals surface area contributed by atoms with E-state index >= 15 is 0 Å². The molecular formula is C21H19F3N2. The number of aromatic nitrogens is 1. The first-order valence-electron chi connectivity index (χ1n) is 8.26. The average Bonchev–Trinajstić information content (AvgIpc) is 2.62. The highest BCUT2D eigenvalue weighted by Crippen LogP contribution is 2.32. The van der Waals surface area contributed by atoms with Gasteiger partial charge in [0.2, 0.25) is 0 Å². The van der Waals surface area contributed by atoms with Crippen molar-refractivity contribution < 1.29 is 13.2 Å². The van der Waals surface area contributed by atoms with Crippen molar-refractivity contribution in [3.8, 4) is 11.1 Å². The Balaban J connectivity index is 1.76. The lowest BCUT2D eigenvalue weighted by atomic mass is 10.0. The van der Waals surface area contributed by atoms with E-state index in [1.807, 2.05) is 31.3 Å². The molecule has 0 radical (unpaired) electrons. The van der Waals surface area contributed by atoms with Crippen LogP contribution in [-0.2, 0) is 19.3 Å². The number of hydrogen-bond acceptors (Lipinski definition) is 2. The zero-order valence-corrected chi connectivity index (χ0v) is 14.4. The normalized spacial score (nSPS) is 11.7. The molecule has 0 spiro atoms. The van der Waals surface area contributed by atoms with Gasteiger partial charge in [0.25, 0.3) is 0 Å². The number of rotatable bonds is 5. The summed E-state index contributed by atoms with van der Waals surface area (Å²) in [6.45, 7) is 1.45.